The van der Waals surface area contributed by atoms with Crippen molar-refractivity contribution in [3.63, 3.8) is 0 Å². The van der Waals surface area contributed by atoms with Crippen molar-refractivity contribution in [1.82, 2.24) is 0 Å². The molecule has 6 heteroatoms. The average molecular weight is 269 g/mol. The number of hydrogen-bond acceptors (Lipinski definition) is 5. The highest BCUT2D eigenvalue weighted by molar-refractivity contribution is 5.69. The number of carbonyl (C=O) groups is 1. The first-order chi connectivity index (χ1) is 9.07. The number of aliphatic carboxylic acids is 1. The number of carboxylic acid groups (broad SMARTS) is 1. The fraction of sp³-hybridized carbons (Fsp3) is 0.462. The number of ether oxygens (including phenoxy) is 3. The molecule has 1 unspecified atom stereocenters. The number of nitrogens with two attached hydrogens (primary N) is 1. The average Bonchev–Trinajstić information content (AvgIpc) is 2.42. The van der Waals surface area contributed by atoms with Crippen molar-refractivity contribution in [2.45, 2.75) is 12.3 Å². The summed E-state index contributed by atoms with van der Waals surface area (Å²) in [6.45, 7) is 0.186. The molecule has 6 nitrogen and oxygen atoms in total. The van der Waals surface area contributed by atoms with Gasteiger partial charge < -0.3 is 25.1 Å². The quantitative estimate of drug-likeness (QED) is 0.773. The minimum absolute atomic E-state index is 0.0877. The highest BCUT2D eigenvalue weighted by atomic mass is 16.5. The van der Waals surface area contributed by atoms with Crippen LogP contribution in [0.4, 0.5) is 0 Å². The van der Waals surface area contributed by atoms with Gasteiger partial charge in [-0.1, -0.05) is 0 Å². The van der Waals surface area contributed by atoms with Gasteiger partial charge in [0.25, 0.3) is 0 Å². The second-order valence-corrected chi connectivity index (χ2v) is 3.98. The monoisotopic (exact) mass is 269 g/mol. The second kappa shape index (κ2) is 6.84. The Bertz CT molecular complexity index is 422. The summed E-state index contributed by atoms with van der Waals surface area (Å²) < 4.78 is 15.7. The first-order valence-electron chi connectivity index (χ1n) is 5.79. The van der Waals surface area contributed by atoms with E-state index in [1.165, 1.54) is 21.3 Å². The standard InChI is InChI=1S/C13H19NO5/c1-17-9-5-10(18-2)13(11(6-9)19-3)8(7-14)4-12(15)16/h5-6,8H,4,7,14H2,1-3H3,(H,15,16). The molecule has 0 aromatic heterocycles. The van der Waals surface area contributed by atoms with Crippen LogP contribution in [0, 0.1) is 0 Å². The Morgan fingerprint density at radius 3 is 2.05 bits per heavy atom. The van der Waals surface area contributed by atoms with E-state index in [1.807, 2.05) is 0 Å². The molecule has 1 aromatic rings. The van der Waals surface area contributed by atoms with Gasteiger partial charge in [-0.3, -0.25) is 4.79 Å². The number of carboxylic acids is 1. The van der Waals surface area contributed by atoms with Gasteiger partial charge in [-0.05, 0) is 0 Å². The Morgan fingerprint density at radius 1 is 1.21 bits per heavy atom. The maximum absolute atomic E-state index is 10.9. The van der Waals surface area contributed by atoms with Gasteiger partial charge in [0.2, 0.25) is 0 Å². The fourth-order valence-electron chi connectivity index (χ4n) is 1.95. The third-order valence-electron chi connectivity index (χ3n) is 2.87. The molecule has 106 valence electrons. The Kier molecular flexibility index (Phi) is 5.44. The molecule has 1 rings (SSSR count). The summed E-state index contributed by atoms with van der Waals surface area (Å²) in [5, 5.41) is 8.94. The molecule has 0 saturated carbocycles. The molecular weight excluding hydrogens is 250 g/mol. The number of methoxy groups -OCH3 is 3. The van der Waals surface area contributed by atoms with E-state index in [0.717, 1.165) is 0 Å². The van der Waals surface area contributed by atoms with Crippen molar-refractivity contribution in [2.24, 2.45) is 5.73 Å². The summed E-state index contributed by atoms with van der Waals surface area (Å²) in [5.41, 5.74) is 6.31. The molecule has 1 atom stereocenters. The summed E-state index contributed by atoms with van der Waals surface area (Å²) in [4.78, 5) is 10.9. The molecule has 0 radical (unpaired) electrons. The van der Waals surface area contributed by atoms with Crippen LogP contribution in [0.25, 0.3) is 0 Å². The molecule has 0 fully saturated rings. The van der Waals surface area contributed by atoms with Crippen LogP contribution in [0.2, 0.25) is 0 Å². The lowest BCUT2D eigenvalue weighted by atomic mass is 9.93. The Morgan fingerprint density at radius 2 is 1.74 bits per heavy atom. The highest BCUT2D eigenvalue weighted by Gasteiger charge is 2.23. The molecule has 1 aromatic carbocycles. The van der Waals surface area contributed by atoms with Crippen LogP contribution in [0.5, 0.6) is 17.2 Å². The van der Waals surface area contributed by atoms with E-state index in [-0.39, 0.29) is 18.9 Å². The van der Waals surface area contributed by atoms with Crippen LogP contribution in [-0.2, 0) is 4.79 Å². The third-order valence-corrected chi connectivity index (χ3v) is 2.87. The lowest BCUT2D eigenvalue weighted by Gasteiger charge is -2.20. The zero-order chi connectivity index (χ0) is 14.4. The Labute approximate surface area is 112 Å². The molecule has 3 N–H and O–H groups in total. The van der Waals surface area contributed by atoms with E-state index < -0.39 is 5.97 Å². The Balaban J connectivity index is 3.32. The summed E-state index contributed by atoms with van der Waals surface area (Å²) in [7, 11) is 4.55. The normalized spacial score (nSPS) is 11.8. The van der Waals surface area contributed by atoms with E-state index >= 15 is 0 Å². The molecule has 0 aliphatic rings. The summed E-state index contributed by atoms with van der Waals surface area (Å²) in [6.07, 6.45) is -0.0877. The second-order valence-electron chi connectivity index (χ2n) is 3.98. The number of benzene rings is 1. The molecule has 0 aliphatic heterocycles. The fourth-order valence-corrected chi connectivity index (χ4v) is 1.95. The van der Waals surface area contributed by atoms with Crippen LogP contribution >= 0.6 is 0 Å². The van der Waals surface area contributed by atoms with E-state index in [4.69, 9.17) is 25.1 Å². The summed E-state index contributed by atoms with van der Waals surface area (Å²) in [5.74, 6) is 0.285. The molecular formula is C13H19NO5. The maximum Gasteiger partial charge on any atom is 0.304 e. The topological polar surface area (TPSA) is 91.0 Å². The molecule has 0 aliphatic carbocycles. The van der Waals surface area contributed by atoms with Gasteiger partial charge in [0.15, 0.2) is 0 Å². The maximum atomic E-state index is 10.9. The zero-order valence-corrected chi connectivity index (χ0v) is 11.3. The first kappa shape index (κ1) is 15.1. The van der Waals surface area contributed by atoms with E-state index in [0.29, 0.717) is 22.8 Å². The highest BCUT2D eigenvalue weighted by Crippen LogP contribution is 2.40. The number of rotatable bonds is 7. The van der Waals surface area contributed by atoms with Crippen molar-refractivity contribution in [2.75, 3.05) is 27.9 Å². The van der Waals surface area contributed by atoms with E-state index in [9.17, 15) is 4.79 Å². The Hall–Kier alpha value is -1.95. The van der Waals surface area contributed by atoms with Crippen molar-refractivity contribution in [3.8, 4) is 17.2 Å². The SMILES string of the molecule is COc1cc(OC)c(C(CN)CC(=O)O)c(OC)c1. The van der Waals surface area contributed by atoms with Crippen LogP contribution in [-0.4, -0.2) is 38.9 Å². The smallest absolute Gasteiger partial charge is 0.304 e. The van der Waals surface area contributed by atoms with Gasteiger partial charge in [0.1, 0.15) is 17.2 Å². The predicted octanol–water partition coefficient (Wildman–Crippen LogP) is 1.23. The molecule has 0 saturated heterocycles. The van der Waals surface area contributed by atoms with Gasteiger partial charge in [0.05, 0.1) is 27.8 Å². The lowest BCUT2D eigenvalue weighted by Crippen LogP contribution is -2.18. The zero-order valence-electron chi connectivity index (χ0n) is 11.3. The molecule has 0 amide bonds. The predicted molar refractivity (Wildman–Crippen MR) is 70.1 cm³/mol. The molecule has 0 bridgehead atoms. The van der Waals surface area contributed by atoms with Crippen LogP contribution in [0.1, 0.15) is 17.9 Å². The van der Waals surface area contributed by atoms with Crippen molar-refractivity contribution in [3.05, 3.63) is 17.7 Å². The molecule has 19 heavy (non-hydrogen) atoms. The molecule has 0 heterocycles. The van der Waals surface area contributed by atoms with E-state index in [1.54, 1.807) is 12.1 Å². The van der Waals surface area contributed by atoms with Crippen LogP contribution < -0.4 is 19.9 Å². The minimum Gasteiger partial charge on any atom is -0.496 e. The van der Waals surface area contributed by atoms with Crippen molar-refractivity contribution in [1.29, 1.82) is 0 Å². The molecule has 0 spiro atoms. The summed E-state index contributed by atoms with van der Waals surface area (Å²) >= 11 is 0. The third kappa shape index (κ3) is 3.51. The lowest BCUT2D eigenvalue weighted by molar-refractivity contribution is -0.137. The van der Waals surface area contributed by atoms with Crippen LogP contribution in [0.3, 0.4) is 0 Å². The van der Waals surface area contributed by atoms with Crippen molar-refractivity contribution >= 4 is 5.97 Å². The first-order valence-corrected chi connectivity index (χ1v) is 5.79. The van der Waals surface area contributed by atoms with Gasteiger partial charge >= 0.3 is 5.97 Å². The van der Waals surface area contributed by atoms with Gasteiger partial charge in [-0.15, -0.1) is 0 Å². The largest absolute Gasteiger partial charge is 0.496 e. The van der Waals surface area contributed by atoms with Gasteiger partial charge in [0, 0.05) is 30.2 Å². The van der Waals surface area contributed by atoms with Gasteiger partial charge in [-0.2, -0.15) is 0 Å². The number of hydrogen-bond donors (Lipinski definition) is 2. The minimum atomic E-state index is -0.921. The van der Waals surface area contributed by atoms with Crippen LogP contribution in [0.15, 0.2) is 12.1 Å². The summed E-state index contributed by atoms with van der Waals surface area (Å²) in [6, 6.07) is 3.37. The van der Waals surface area contributed by atoms with Gasteiger partial charge in [-0.25, -0.2) is 0 Å². The van der Waals surface area contributed by atoms with E-state index in [2.05, 4.69) is 0 Å². The van der Waals surface area contributed by atoms with Crippen molar-refractivity contribution < 1.29 is 24.1 Å².